The lowest BCUT2D eigenvalue weighted by Gasteiger charge is -2.64. The van der Waals surface area contributed by atoms with Gasteiger partial charge in [0.15, 0.2) is 41.2 Å². The molecule has 4 bridgehead atoms. The first-order chi connectivity index (χ1) is 22.4. The molecule has 5 saturated heterocycles. The van der Waals surface area contributed by atoms with Crippen molar-refractivity contribution in [2.45, 2.75) is 54.2 Å². The number of anilines is 2. The minimum Gasteiger partial charge on any atom is -0.382 e. The lowest BCUT2D eigenvalue weighted by molar-refractivity contribution is -0.421. The van der Waals surface area contributed by atoms with Crippen molar-refractivity contribution in [3.63, 3.8) is 0 Å². The number of nitrogen functional groups attached to an aromatic ring is 2. The first-order valence-corrected chi connectivity index (χ1v) is 19.7. The van der Waals surface area contributed by atoms with Gasteiger partial charge in [-0.15, -0.1) is 0 Å². The molecule has 47 heavy (non-hydrogen) atoms. The molecule has 5 aliphatic heterocycles. The van der Waals surface area contributed by atoms with Crippen LogP contribution in [0.2, 0.25) is 0 Å². The smallest absolute Gasteiger partial charge is 0.382 e. The molecular formula is C23H24N10O10P2S2. The molecule has 6 fully saturated rings. The van der Waals surface area contributed by atoms with E-state index < -0.39 is 67.3 Å². The van der Waals surface area contributed by atoms with E-state index in [2.05, 4.69) is 54.4 Å². The molecule has 0 radical (unpaired) electrons. The monoisotopic (exact) mass is 726 g/mol. The molecule has 2 spiro atoms. The van der Waals surface area contributed by atoms with E-state index in [0.717, 1.165) is 0 Å². The van der Waals surface area contributed by atoms with Crippen molar-refractivity contribution in [1.29, 1.82) is 0 Å². The Morgan fingerprint density at radius 3 is 2.04 bits per heavy atom. The van der Waals surface area contributed by atoms with Crippen LogP contribution in [0.4, 0.5) is 11.6 Å². The van der Waals surface area contributed by atoms with Crippen LogP contribution in [0.1, 0.15) is 18.9 Å². The molecule has 10 rings (SSSR count). The predicted molar refractivity (Wildman–Crippen MR) is 162 cm³/mol. The Morgan fingerprint density at radius 2 is 1.36 bits per heavy atom. The second kappa shape index (κ2) is 9.40. The number of rotatable bonds is 2. The molecular weight excluding hydrogens is 702 g/mol. The van der Waals surface area contributed by atoms with E-state index in [1.165, 1.54) is 25.3 Å². The topological polar surface area (TPSA) is 247 Å². The fourth-order valence-corrected chi connectivity index (χ4v) is 10.9. The van der Waals surface area contributed by atoms with Gasteiger partial charge in [-0.1, -0.05) is 24.5 Å². The summed E-state index contributed by atoms with van der Waals surface area (Å²) in [7, 11) is 0. The van der Waals surface area contributed by atoms with Crippen LogP contribution >= 0.6 is 38.1 Å². The van der Waals surface area contributed by atoms with Crippen LogP contribution < -0.4 is 11.5 Å². The number of hydrogen-bond donors (Lipinski definition) is 4. The third-order valence-electron chi connectivity index (χ3n) is 9.64. The fraction of sp³-hybridized carbons (Fsp3) is 0.565. The van der Waals surface area contributed by atoms with Crippen molar-refractivity contribution in [3.05, 3.63) is 25.3 Å². The third kappa shape index (κ3) is 3.97. The number of thiol groups is 2. The van der Waals surface area contributed by atoms with E-state index in [-0.39, 0.29) is 37.9 Å². The van der Waals surface area contributed by atoms with Gasteiger partial charge in [0.25, 0.3) is 0 Å². The first kappa shape index (κ1) is 29.5. The van der Waals surface area contributed by atoms with Gasteiger partial charge in [0.2, 0.25) is 0 Å². The minimum atomic E-state index is -4.15. The number of aromatic nitrogens is 8. The molecule has 4 aromatic heterocycles. The minimum absolute atomic E-state index is 0.0562. The summed E-state index contributed by atoms with van der Waals surface area (Å²) in [5.41, 5.74) is 10.9. The average Bonchev–Trinajstić information content (AvgIpc) is 3.79. The van der Waals surface area contributed by atoms with Crippen molar-refractivity contribution in [3.8, 4) is 0 Å². The largest absolute Gasteiger partial charge is 0.388 e. The first-order valence-electron chi connectivity index (χ1n) is 14.3. The molecule has 11 atom stereocenters. The molecule has 0 amide bonds. The summed E-state index contributed by atoms with van der Waals surface area (Å²) in [6.07, 6.45) is 1.41. The molecule has 20 nitrogen and oxygen atoms in total. The Balaban J connectivity index is 0.990. The molecule has 24 heteroatoms. The van der Waals surface area contributed by atoms with Crippen LogP contribution in [-0.4, -0.2) is 94.2 Å². The molecule has 248 valence electrons. The number of nitrogens with zero attached hydrogens (tertiary/aromatic N) is 8. The van der Waals surface area contributed by atoms with Gasteiger partial charge in [-0.05, 0) is 0 Å². The highest BCUT2D eigenvalue weighted by Crippen LogP contribution is 2.75. The quantitative estimate of drug-likeness (QED) is 0.168. The Bertz CT molecular complexity index is 2110. The van der Waals surface area contributed by atoms with Gasteiger partial charge in [0.1, 0.15) is 53.2 Å². The van der Waals surface area contributed by atoms with Crippen LogP contribution in [0.15, 0.2) is 25.3 Å². The van der Waals surface area contributed by atoms with Crippen LogP contribution in [-0.2, 0) is 46.2 Å². The van der Waals surface area contributed by atoms with Crippen molar-refractivity contribution in [2.24, 2.45) is 5.92 Å². The zero-order chi connectivity index (χ0) is 32.1. The maximum absolute atomic E-state index is 13.9. The summed E-state index contributed by atoms with van der Waals surface area (Å²) >= 11 is 8.63. The number of ether oxygens (including phenoxy) is 4. The van der Waals surface area contributed by atoms with Gasteiger partial charge in [-0.3, -0.25) is 27.2 Å². The molecule has 6 aliphatic rings. The fourth-order valence-electron chi connectivity index (χ4n) is 7.71. The third-order valence-corrected chi connectivity index (χ3v) is 12.8. The second-order valence-corrected chi connectivity index (χ2v) is 18.0. The van der Waals surface area contributed by atoms with E-state index in [1.54, 1.807) is 9.13 Å². The van der Waals surface area contributed by atoms with E-state index in [0.29, 0.717) is 22.3 Å². The van der Waals surface area contributed by atoms with Crippen molar-refractivity contribution < 1.29 is 46.2 Å². The second-order valence-electron chi connectivity index (χ2n) is 12.2. The average molecular weight is 727 g/mol. The highest BCUT2D eigenvalue weighted by molar-refractivity contribution is 8.44. The van der Waals surface area contributed by atoms with Crippen molar-refractivity contribution in [2.75, 3.05) is 31.3 Å². The van der Waals surface area contributed by atoms with E-state index in [9.17, 15) is 9.13 Å². The molecule has 4 N–H and O–H groups in total. The van der Waals surface area contributed by atoms with Crippen molar-refractivity contribution >= 4 is 72.1 Å². The highest BCUT2D eigenvalue weighted by Gasteiger charge is 2.84. The van der Waals surface area contributed by atoms with Gasteiger partial charge < -0.3 is 30.4 Å². The predicted octanol–water partition coefficient (Wildman–Crippen LogP) is 1.40. The zero-order valence-electron chi connectivity index (χ0n) is 23.7. The SMILES string of the molecule is Nc1ncnc2c1ncn2[C@@H]1O[C@@]23CO[C@@H]1[C@@H]2O[P@@](=O)(S)OC[C@@]12C[C@@]4(O[C@@H]([C@H](n5cnc6c(N)ncnc65)O1)[C@@H]24)O[P@](=O)(S)OC3. The van der Waals surface area contributed by atoms with Gasteiger partial charge in [0, 0.05) is 6.42 Å². The van der Waals surface area contributed by atoms with Gasteiger partial charge in [-0.25, -0.2) is 39.0 Å². The van der Waals surface area contributed by atoms with Gasteiger partial charge in [-0.2, -0.15) is 0 Å². The van der Waals surface area contributed by atoms with E-state index in [4.69, 9.17) is 48.5 Å². The maximum Gasteiger partial charge on any atom is 0.388 e. The summed E-state index contributed by atoms with van der Waals surface area (Å²) in [6.45, 7) is -8.99. The molecule has 0 aromatic carbocycles. The van der Waals surface area contributed by atoms with Crippen LogP contribution in [0.25, 0.3) is 22.3 Å². The normalized spacial score (nSPS) is 45.4. The standard InChI is InChI=1S/C23H24N10O10P2S2/c24-15-9-17(28-5-26-15)32(7-30-9)19-11-13-21(40-19)1-23(13,39-11)43-45(35,47)38-4-22-2-36-12(14(22)42-44(34,46)37-3-21)20(41-22)33-8-31-10-16(25)27-6-29-18(10)33/h5-8,11-14,19-20H,1-4H2,(H,34,46)(H,35,47)(H2,24,26,28)(H2,25,27,29)/t11-,12-,13+,14+,19-,20-,21-,22-,23-,44+,45-/m1/s1. The Hall–Kier alpha value is -2.46. The molecule has 1 aliphatic carbocycles. The van der Waals surface area contributed by atoms with Crippen LogP contribution in [0.3, 0.4) is 0 Å². The van der Waals surface area contributed by atoms with E-state index in [1.807, 2.05) is 0 Å². The lowest BCUT2D eigenvalue weighted by atomic mass is 9.59. The lowest BCUT2D eigenvalue weighted by Crippen LogP contribution is -2.77. The summed E-state index contributed by atoms with van der Waals surface area (Å²) in [5, 5.41) is 0. The number of hydrogen-bond acceptors (Lipinski definition) is 18. The molecule has 4 aromatic rings. The van der Waals surface area contributed by atoms with Gasteiger partial charge in [0.05, 0.1) is 38.4 Å². The number of imidazole rings is 2. The van der Waals surface area contributed by atoms with Crippen LogP contribution in [0.5, 0.6) is 0 Å². The van der Waals surface area contributed by atoms with Gasteiger partial charge >= 0.3 is 13.6 Å². The summed E-state index contributed by atoms with van der Waals surface area (Å²) < 4.78 is 80.2. The summed E-state index contributed by atoms with van der Waals surface area (Å²) in [6, 6.07) is 0. The number of fused-ring (bicyclic) bond motifs is 2. The summed E-state index contributed by atoms with van der Waals surface area (Å²) in [4.78, 5) is 25.2. The van der Waals surface area contributed by atoms with E-state index >= 15 is 0 Å². The zero-order valence-corrected chi connectivity index (χ0v) is 27.3. The molecule has 0 unspecified atom stereocenters. The summed E-state index contributed by atoms with van der Waals surface area (Å²) in [5.74, 6) is -1.55. The molecule has 9 heterocycles. The van der Waals surface area contributed by atoms with Crippen molar-refractivity contribution in [1.82, 2.24) is 39.0 Å². The molecule has 1 saturated carbocycles. The number of nitrogens with two attached hydrogens (primary N) is 2. The Kier molecular flexibility index (Phi) is 5.89. The Labute approximate surface area is 273 Å². The highest BCUT2D eigenvalue weighted by atomic mass is 32.7. The Morgan fingerprint density at radius 1 is 0.766 bits per heavy atom. The maximum atomic E-state index is 13.9. The van der Waals surface area contributed by atoms with Crippen LogP contribution in [0, 0.1) is 5.92 Å².